The topological polar surface area (TPSA) is 52.6 Å². The van der Waals surface area contributed by atoms with Gasteiger partial charge in [-0.05, 0) is 66.1 Å². The Kier molecular flexibility index (Phi) is 12.8. The lowest BCUT2D eigenvalue weighted by Crippen LogP contribution is -2.21. The molecule has 4 aromatic carbocycles. The summed E-state index contributed by atoms with van der Waals surface area (Å²) in [6, 6.07) is 29.1. The standard InChI is InChI=1S/C43H50O4/c1-3-5-7-9-11-14-22-32-30-31-39(42(44)47-41-37-28-20-18-26-35(37)36-27-19-21-29-38(36)41)40(34(32)25-17-12-10-8-6-4-2)43(45)46-33-23-15-13-16-24-33/h13,15-16,18-21,23-24,26-31,41H,3-12,14,17,22,25H2,1-2H3. The fourth-order valence-corrected chi connectivity index (χ4v) is 6.85. The molecule has 4 aromatic rings. The third-order valence-corrected chi connectivity index (χ3v) is 9.37. The molecular weight excluding hydrogens is 580 g/mol. The average Bonchev–Trinajstić information content (AvgIpc) is 3.41. The number of hydrogen-bond acceptors (Lipinski definition) is 4. The maximum atomic E-state index is 14.2. The van der Waals surface area contributed by atoms with Gasteiger partial charge in [0.1, 0.15) is 5.75 Å². The number of aryl methyl sites for hydroxylation is 1. The van der Waals surface area contributed by atoms with E-state index in [1.54, 1.807) is 18.2 Å². The van der Waals surface area contributed by atoms with E-state index < -0.39 is 18.0 Å². The smallest absolute Gasteiger partial charge is 0.344 e. The van der Waals surface area contributed by atoms with Crippen LogP contribution in [0.5, 0.6) is 5.75 Å². The monoisotopic (exact) mass is 630 g/mol. The Morgan fingerprint density at radius 2 is 1.09 bits per heavy atom. The predicted molar refractivity (Wildman–Crippen MR) is 191 cm³/mol. The first-order valence-corrected chi connectivity index (χ1v) is 17.9. The van der Waals surface area contributed by atoms with Gasteiger partial charge in [0.25, 0.3) is 0 Å². The molecule has 0 N–H and O–H groups in total. The van der Waals surface area contributed by atoms with Crippen molar-refractivity contribution in [3.63, 3.8) is 0 Å². The van der Waals surface area contributed by atoms with Gasteiger partial charge in [0.05, 0.1) is 11.1 Å². The lowest BCUT2D eigenvalue weighted by molar-refractivity contribution is 0.0379. The van der Waals surface area contributed by atoms with E-state index in [1.165, 1.54) is 51.4 Å². The van der Waals surface area contributed by atoms with Crippen LogP contribution in [0.1, 0.15) is 140 Å². The molecule has 0 spiro atoms. The normalized spacial score (nSPS) is 12.0. The number of hydrogen-bond donors (Lipinski definition) is 0. The minimum absolute atomic E-state index is 0.278. The van der Waals surface area contributed by atoms with Crippen LogP contribution in [0.15, 0.2) is 91.0 Å². The highest BCUT2D eigenvalue weighted by molar-refractivity contribution is 6.05. The first kappa shape index (κ1) is 34.2. The van der Waals surface area contributed by atoms with Crippen LogP contribution in [-0.2, 0) is 17.6 Å². The summed E-state index contributed by atoms with van der Waals surface area (Å²) in [6.45, 7) is 4.47. The molecule has 246 valence electrons. The molecule has 0 aliphatic heterocycles. The van der Waals surface area contributed by atoms with Gasteiger partial charge in [0, 0.05) is 11.1 Å². The Labute approximate surface area is 281 Å². The van der Waals surface area contributed by atoms with Crippen molar-refractivity contribution in [1.29, 1.82) is 0 Å². The molecule has 0 aromatic heterocycles. The summed E-state index contributed by atoms with van der Waals surface area (Å²) in [5.41, 5.74) is 6.78. The van der Waals surface area contributed by atoms with Gasteiger partial charge in [0.15, 0.2) is 6.10 Å². The maximum absolute atomic E-state index is 14.2. The molecule has 47 heavy (non-hydrogen) atoms. The van der Waals surface area contributed by atoms with Crippen LogP contribution < -0.4 is 4.74 Å². The van der Waals surface area contributed by atoms with Gasteiger partial charge in [0.2, 0.25) is 0 Å². The number of carbonyl (C=O) groups is 2. The Bertz CT molecular complexity index is 1560. The van der Waals surface area contributed by atoms with Crippen LogP contribution in [0.4, 0.5) is 0 Å². The zero-order chi connectivity index (χ0) is 32.8. The molecule has 0 saturated heterocycles. The third-order valence-electron chi connectivity index (χ3n) is 9.37. The van der Waals surface area contributed by atoms with Crippen molar-refractivity contribution in [2.75, 3.05) is 0 Å². The lowest BCUT2D eigenvalue weighted by Gasteiger charge is -2.20. The van der Waals surface area contributed by atoms with Crippen molar-refractivity contribution in [2.24, 2.45) is 0 Å². The van der Waals surface area contributed by atoms with E-state index in [0.29, 0.717) is 11.3 Å². The first-order valence-electron chi connectivity index (χ1n) is 17.9. The SMILES string of the molecule is CCCCCCCCc1ccc(C(=O)OC2c3ccccc3-c3ccccc32)c(C(=O)Oc2ccccc2)c1CCCCCCCC. The molecule has 0 amide bonds. The number of fused-ring (bicyclic) bond motifs is 3. The lowest BCUT2D eigenvalue weighted by atomic mass is 9.89. The van der Waals surface area contributed by atoms with Gasteiger partial charge in [-0.2, -0.15) is 0 Å². The van der Waals surface area contributed by atoms with E-state index in [4.69, 9.17) is 9.47 Å². The van der Waals surface area contributed by atoms with E-state index in [1.807, 2.05) is 54.6 Å². The summed E-state index contributed by atoms with van der Waals surface area (Å²) in [6.07, 6.45) is 15.1. The van der Waals surface area contributed by atoms with Gasteiger partial charge in [-0.25, -0.2) is 9.59 Å². The van der Waals surface area contributed by atoms with Crippen molar-refractivity contribution in [2.45, 2.75) is 110 Å². The van der Waals surface area contributed by atoms with E-state index in [-0.39, 0.29) is 5.56 Å². The molecule has 0 saturated carbocycles. The number of carbonyl (C=O) groups excluding carboxylic acids is 2. The van der Waals surface area contributed by atoms with Crippen molar-refractivity contribution in [3.8, 4) is 16.9 Å². The van der Waals surface area contributed by atoms with Crippen LogP contribution >= 0.6 is 0 Å². The van der Waals surface area contributed by atoms with Crippen LogP contribution in [0.2, 0.25) is 0 Å². The van der Waals surface area contributed by atoms with E-state index in [0.717, 1.165) is 71.9 Å². The fraction of sp³-hybridized carbons (Fsp3) is 0.395. The van der Waals surface area contributed by atoms with Gasteiger partial charge in [-0.3, -0.25) is 0 Å². The van der Waals surface area contributed by atoms with Gasteiger partial charge < -0.3 is 9.47 Å². The van der Waals surface area contributed by atoms with Crippen LogP contribution in [-0.4, -0.2) is 11.9 Å². The largest absolute Gasteiger partial charge is 0.449 e. The highest BCUT2D eigenvalue weighted by Gasteiger charge is 2.33. The second-order valence-corrected chi connectivity index (χ2v) is 12.8. The minimum Gasteiger partial charge on any atom is -0.449 e. The van der Waals surface area contributed by atoms with Crippen molar-refractivity contribution < 1.29 is 19.1 Å². The van der Waals surface area contributed by atoms with Gasteiger partial charge in [-0.15, -0.1) is 0 Å². The molecule has 0 unspecified atom stereocenters. The number of rotatable bonds is 18. The summed E-state index contributed by atoms with van der Waals surface area (Å²) < 4.78 is 12.3. The first-order chi connectivity index (χ1) is 23.1. The number of unbranched alkanes of at least 4 members (excludes halogenated alkanes) is 10. The molecule has 0 fully saturated rings. The second kappa shape index (κ2) is 17.7. The summed E-state index contributed by atoms with van der Waals surface area (Å²) in [5.74, 6) is -0.541. The summed E-state index contributed by atoms with van der Waals surface area (Å²) in [7, 11) is 0. The van der Waals surface area contributed by atoms with Crippen LogP contribution in [0.25, 0.3) is 11.1 Å². The molecule has 1 aliphatic rings. The molecule has 5 rings (SSSR count). The highest BCUT2D eigenvalue weighted by Crippen LogP contribution is 2.45. The minimum atomic E-state index is -0.544. The number of benzene rings is 4. The summed E-state index contributed by atoms with van der Waals surface area (Å²) in [4.78, 5) is 28.4. The number of esters is 2. The molecule has 0 bridgehead atoms. The zero-order valence-electron chi connectivity index (χ0n) is 28.3. The van der Waals surface area contributed by atoms with E-state index >= 15 is 0 Å². The quantitative estimate of drug-likeness (QED) is 0.0623. The van der Waals surface area contributed by atoms with Crippen LogP contribution in [0, 0.1) is 0 Å². The summed E-state index contributed by atoms with van der Waals surface area (Å²) >= 11 is 0. The second-order valence-electron chi connectivity index (χ2n) is 12.8. The maximum Gasteiger partial charge on any atom is 0.344 e. The van der Waals surface area contributed by atoms with Crippen molar-refractivity contribution in [1.82, 2.24) is 0 Å². The Morgan fingerprint density at radius 1 is 0.553 bits per heavy atom. The van der Waals surface area contributed by atoms with Crippen LogP contribution in [0.3, 0.4) is 0 Å². The molecule has 0 radical (unpaired) electrons. The van der Waals surface area contributed by atoms with Gasteiger partial charge >= 0.3 is 11.9 Å². The number of para-hydroxylation sites is 1. The molecule has 1 aliphatic carbocycles. The zero-order valence-corrected chi connectivity index (χ0v) is 28.3. The number of ether oxygens (including phenoxy) is 2. The highest BCUT2D eigenvalue weighted by atomic mass is 16.5. The Balaban J connectivity index is 1.48. The van der Waals surface area contributed by atoms with Crippen molar-refractivity contribution in [3.05, 3.63) is 124 Å². The molecule has 4 nitrogen and oxygen atoms in total. The molecular formula is C43H50O4. The Morgan fingerprint density at radius 3 is 1.70 bits per heavy atom. The molecule has 0 atom stereocenters. The fourth-order valence-electron chi connectivity index (χ4n) is 6.85. The molecule has 0 heterocycles. The average molecular weight is 631 g/mol. The summed E-state index contributed by atoms with van der Waals surface area (Å²) in [5, 5.41) is 0. The van der Waals surface area contributed by atoms with E-state index in [2.05, 4.69) is 32.0 Å². The molecule has 4 heteroatoms. The predicted octanol–water partition coefficient (Wildman–Crippen LogP) is 11.6. The van der Waals surface area contributed by atoms with Gasteiger partial charge in [-0.1, -0.05) is 151 Å². The van der Waals surface area contributed by atoms with E-state index in [9.17, 15) is 9.59 Å². The third kappa shape index (κ3) is 8.80. The van der Waals surface area contributed by atoms with Crippen molar-refractivity contribution >= 4 is 11.9 Å². The Hall–Kier alpha value is -4.18.